The number of halogens is 1. The van der Waals surface area contributed by atoms with Gasteiger partial charge in [0.25, 0.3) is 0 Å². The van der Waals surface area contributed by atoms with E-state index in [1.54, 1.807) is 14.2 Å². The normalized spacial score (nSPS) is 18.2. The number of ether oxygens (including phenoxy) is 2. The van der Waals surface area contributed by atoms with E-state index in [4.69, 9.17) is 9.47 Å². The number of phenolic OH excluding ortho intramolecular Hbond substituents is 1. The number of phenols is 1. The van der Waals surface area contributed by atoms with Gasteiger partial charge in [0.15, 0.2) is 11.5 Å². The van der Waals surface area contributed by atoms with E-state index in [2.05, 4.69) is 18.0 Å². The molecule has 0 aromatic heterocycles. The Morgan fingerprint density at radius 2 is 1.92 bits per heavy atom. The summed E-state index contributed by atoms with van der Waals surface area (Å²) in [5.74, 6) is 1.60. The van der Waals surface area contributed by atoms with E-state index in [-0.39, 0.29) is 22.7 Å². The average molecular weight is 392 g/mol. The van der Waals surface area contributed by atoms with E-state index in [0.29, 0.717) is 11.8 Å². The number of hydrogen-bond acceptors (Lipinski definition) is 4. The molecule has 1 atom stereocenters. The van der Waals surface area contributed by atoms with Gasteiger partial charge in [-0.2, -0.15) is 0 Å². The first kappa shape index (κ1) is 17.1. The predicted molar refractivity (Wildman–Crippen MR) is 99.7 cm³/mol. The van der Waals surface area contributed by atoms with Crippen molar-refractivity contribution in [1.29, 1.82) is 0 Å². The minimum Gasteiger partial charge on any atom is -0.504 e. The number of fused-ring (bicyclic) bond motifs is 2. The molecule has 2 aliphatic rings. The molecule has 4 nitrogen and oxygen atoms in total. The van der Waals surface area contributed by atoms with Crippen molar-refractivity contribution >= 4 is 17.0 Å². The Bertz CT molecular complexity index is 791. The van der Waals surface area contributed by atoms with Gasteiger partial charge in [0.1, 0.15) is 5.75 Å². The summed E-state index contributed by atoms with van der Waals surface area (Å²) in [6, 6.07) is 8.43. The number of aromatic hydroxyl groups is 1. The van der Waals surface area contributed by atoms with Crippen LogP contribution in [0.4, 0.5) is 0 Å². The number of methoxy groups -OCH3 is 2. The Labute approximate surface area is 152 Å². The van der Waals surface area contributed by atoms with Crippen LogP contribution in [0.3, 0.4) is 0 Å². The van der Waals surface area contributed by atoms with Crippen LogP contribution < -0.4 is 9.47 Å². The fraction of sp³-hybridized carbons (Fsp3) is 0.368. The molecule has 4 rings (SSSR count). The van der Waals surface area contributed by atoms with Crippen LogP contribution in [0.2, 0.25) is 0 Å². The van der Waals surface area contributed by atoms with Gasteiger partial charge in [0, 0.05) is 18.2 Å². The van der Waals surface area contributed by atoms with E-state index in [9.17, 15) is 5.11 Å². The minimum atomic E-state index is 0. The summed E-state index contributed by atoms with van der Waals surface area (Å²) in [4.78, 5) is 2.38. The standard InChI is InChI=1S/C19H21NO3.BrH/c1-20-7-6-12-9-16(23-3)19(21)18-14-10-13(22-2)5-4-11(14)8-15(20)17(12)18;/h4-5,9-10,15,21H,6-8H2,1-3H3;1H. The van der Waals surface area contributed by atoms with Crippen molar-refractivity contribution in [3.63, 3.8) is 0 Å². The summed E-state index contributed by atoms with van der Waals surface area (Å²) in [6.07, 6.45) is 1.94. The predicted octanol–water partition coefficient (Wildman–Crippen LogP) is 3.74. The fourth-order valence-corrected chi connectivity index (χ4v) is 3.96. The molecule has 2 aromatic rings. The summed E-state index contributed by atoms with van der Waals surface area (Å²) < 4.78 is 10.8. The Balaban J connectivity index is 0.00000169. The summed E-state index contributed by atoms with van der Waals surface area (Å²) in [6.45, 7) is 1.02. The van der Waals surface area contributed by atoms with E-state index >= 15 is 0 Å². The Morgan fingerprint density at radius 3 is 2.62 bits per heavy atom. The molecule has 2 aromatic carbocycles. The van der Waals surface area contributed by atoms with Crippen LogP contribution in [0.1, 0.15) is 22.7 Å². The van der Waals surface area contributed by atoms with Crippen LogP contribution in [0.15, 0.2) is 24.3 Å². The van der Waals surface area contributed by atoms with Crippen LogP contribution >= 0.6 is 17.0 Å². The molecule has 1 aliphatic carbocycles. The first-order valence-electron chi connectivity index (χ1n) is 7.94. The molecule has 1 unspecified atom stereocenters. The summed E-state index contributed by atoms with van der Waals surface area (Å²) in [5, 5.41) is 10.8. The van der Waals surface area contributed by atoms with Gasteiger partial charge >= 0.3 is 0 Å². The van der Waals surface area contributed by atoms with Crippen LogP contribution in [0.25, 0.3) is 11.1 Å². The first-order valence-corrected chi connectivity index (χ1v) is 7.94. The SMILES string of the molecule is Br.COc1ccc2c(c1)-c1c(O)c(OC)cc3c1C(C2)N(C)CC3. The van der Waals surface area contributed by atoms with Crippen molar-refractivity contribution in [1.82, 2.24) is 4.90 Å². The highest BCUT2D eigenvalue weighted by atomic mass is 79.9. The highest BCUT2D eigenvalue weighted by Gasteiger charge is 2.35. The number of benzene rings is 2. The second kappa shape index (κ2) is 6.30. The lowest BCUT2D eigenvalue weighted by Crippen LogP contribution is -2.35. The molecular weight excluding hydrogens is 370 g/mol. The van der Waals surface area contributed by atoms with Crippen LogP contribution in [0, 0.1) is 0 Å². The van der Waals surface area contributed by atoms with Gasteiger partial charge in [-0.15, -0.1) is 17.0 Å². The highest BCUT2D eigenvalue weighted by Crippen LogP contribution is 2.52. The molecule has 1 N–H and O–H groups in total. The number of hydrogen-bond donors (Lipinski definition) is 1. The molecule has 0 radical (unpaired) electrons. The summed E-state index contributed by atoms with van der Waals surface area (Å²) in [5.41, 5.74) is 5.75. The zero-order valence-electron chi connectivity index (χ0n) is 14.1. The minimum absolute atomic E-state index is 0. The monoisotopic (exact) mass is 391 g/mol. The molecule has 1 heterocycles. The van der Waals surface area contributed by atoms with E-state index in [0.717, 1.165) is 36.3 Å². The summed E-state index contributed by atoms with van der Waals surface area (Å²) >= 11 is 0. The van der Waals surface area contributed by atoms with Gasteiger partial charge in [-0.05, 0) is 60.3 Å². The van der Waals surface area contributed by atoms with E-state index < -0.39 is 0 Å². The second-order valence-electron chi connectivity index (χ2n) is 6.35. The number of rotatable bonds is 2. The van der Waals surface area contributed by atoms with Crippen LogP contribution in [0.5, 0.6) is 17.2 Å². The lowest BCUT2D eigenvalue weighted by Gasteiger charge is -2.40. The third kappa shape index (κ3) is 2.38. The molecule has 0 saturated carbocycles. The molecule has 1 aliphatic heterocycles. The quantitative estimate of drug-likeness (QED) is 0.846. The lowest BCUT2D eigenvalue weighted by atomic mass is 9.76. The molecule has 24 heavy (non-hydrogen) atoms. The molecule has 0 bridgehead atoms. The van der Waals surface area contributed by atoms with Gasteiger partial charge < -0.3 is 14.6 Å². The second-order valence-corrected chi connectivity index (χ2v) is 6.35. The van der Waals surface area contributed by atoms with Gasteiger partial charge in [-0.25, -0.2) is 0 Å². The highest BCUT2D eigenvalue weighted by molar-refractivity contribution is 8.93. The smallest absolute Gasteiger partial charge is 0.166 e. The van der Waals surface area contributed by atoms with Crippen molar-refractivity contribution in [2.75, 3.05) is 27.8 Å². The molecule has 128 valence electrons. The molecule has 0 amide bonds. The van der Waals surface area contributed by atoms with Gasteiger partial charge in [0.05, 0.1) is 14.2 Å². The van der Waals surface area contributed by atoms with Crippen molar-refractivity contribution in [2.45, 2.75) is 18.9 Å². The fourth-order valence-electron chi connectivity index (χ4n) is 3.96. The Kier molecular flexibility index (Phi) is 4.49. The zero-order chi connectivity index (χ0) is 16.1. The van der Waals surface area contributed by atoms with Gasteiger partial charge in [-0.3, -0.25) is 4.90 Å². The largest absolute Gasteiger partial charge is 0.504 e. The van der Waals surface area contributed by atoms with Crippen molar-refractivity contribution in [2.24, 2.45) is 0 Å². The Hall–Kier alpha value is -1.72. The number of nitrogens with zero attached hydrogens (tertiary/aromatic N) is 1. The van der Waals surface area contributed by atoms with Gasteiger partial charge in [-0.1, -0.05) is 6.07 Å². The molecular formula is C19H22BrNO3. The third-order valence-electron chi connectivity index (χ3n) is 5.21. The maximum atomic E-state index is 10.8. The molecule has 5 heteroatoms. The average Bonchev–Trinajstić information content (AvgIpc) is 2.58. The molecule has 0 saturated heterocycles. The Morgan fingerprint density at radius 1 is 1.12 bits per heavy atom. The maximum absolute atomic E-state index is 10.8. The van der Waals surface area contributed by atoms with Crippen LogP contribution in [-0.2, 0) is 12.8 Å². The third-order valence-corrected chi connectivity index (χ3v) is 5.21. The van der Waals surface area contributed by atoms with Crippen molar-refractivity contribution in [3.8, 4) is 28.4 Å². The molecule has 0 spiro atoms. The van der Waals surface area contributed by atoms with E-state index in [1.807, 2.05) is 18.2 Å². The van der Waals surface area contributed by atoms with Gasteiger partial charge in [0.2, 0.25) is 0 Å². The first-order chi connectivity index (χ1) is 11.1. The molecule has 0 fully saturated rings. The zero-order valence-corrected chi connectivity index (χ0v) is 15.8. The van der Waals surface area contributed by atoms with E-state index in [1.165, 1.54) is 16.7 Å². The lowest BCUT2D eigenvalue weighted by molar-refractivity contribution is 0.227. The maximum Gasteiger partial charge on any atom is 0.166 e. The topological polar surface area (TPSA) is 41.9 Å². The van der Waals surface area contributed by atoms with Crippen LogP contribution in [-0.4, -0.2) is 37.8 Å². The summed E-state index contributed by atoms with van der Waals surface area (Å²) in [7, 11) is 5.44. The van der Waals surface area contributed by atoms with Crippen molar-refractivity contribution in [3.05, 3.63) is 41.0 Å². The van der Waals surface area contributed by atoms with Crippen molar-refractivity contribution < 1.29 is 14.6 Å². The number of likely N-dealkylation sites (N-methyl/N-ethyl adjacent to an activating group) is 1.